The zero-order chi connectivity index (χ0) is 17.4. The average Bonchev–Trinajstić information content (AvgIpc) is 2.98. The predicted octanol–water partition coefficient (Wildman–Crippen LogP) is 5.49. The van der Waals surface area contributed by atoms with Crippen LogP contribution in [0.1, 0.15) is 11.1 Å². The van der Waals surface area contributed by atoms with Crippen molar-refractivity contribution < 1.29 is 9.53 Å². The monoisotopic (exact) mass is 367 g/mol. The van der Waals surface area contributed by atoms with E-state index in [0.717, 1.165) is 16.3 Å². The van der Waals surface area contributed by atoms with E-state index in [2.05, 4.69) is 4.99 Å². The van der Waals surface area contributed by atoms with Gasteiger partial charge in [-0.25, -0.2) is 9.79 Å². The highest BCUT2D eigenvalue weighted by Gasteiger charge is 2.24. The molecule has 0 aromatic heterocycles. The lowest BCUT2D eigenvalue weighted by atomic mass is 10.0. The zero-order valence-corrected chi connectivity index (χ0v) is 14.4. The summed E-state index contributed by atoms with van der Waals surface area (Å²) in [7, 11) is 0. The number of ether oxygens (including phenoxy) is 1. The lowest BCUT2D eigenvalue weighted by Crippen LogP contribution is -2.05. The molecule has 5 heteroatoms. The number of nitrogens with zero attached hydrogens (tertiary/aromatic N) is 1. The molecule has 0 radical (unpaired) electrons. The van der Waals surface area contributed by atoms with Crippen LogP contribution in [0.3, 0.4) is 0 Å². The van der Waals surface area contributed by atoms with E-state index in [1.165, 1.54) is 0 Å². The van der Waals surface area contributed by atoms with Crippen LogP contribution in [0, 0.1) is 0 Å². The van der Waals surface area contributed by atoms with E-state index in [9.17, 15) is 4.79 Å². The maximum atomic E-state index is 12.2. The molecule has 0 aliphatic carbocycles. The number of aliphatic imine (C=N–C) groups is 1. The van der Waals surface area contributed by atoms with Crippen molar-refractivity contribution in [3.63, 3.8) is 0 Å². The third-order valence-corrected chi connectivity index (χ3v) is 4.64. The first-order valence-corrected chi connectivity index (χ1v) is 8.33. The van der Waals surface area contributed by atoms with Gasteiger partial charge < -0.3 is 4.74 Å². The van der Waals surface area contributed by atoms with Crippen molar-refractivity contribution in [2.45, 2.75) is 0 Å². The number of hydrogen-bond acceptors (Lipinski definition) is 3. The van der Waals surface area contributed by atoms with Gasteiger partial charge in [-0.15, -0.1) is 0 Å². The van der Waals surface area contributed by atoms with Crippen LogP contribution >= 0.6 is 23.2 Å². The number of cyclic esters (lactones) is 1. The molecule has 3 aromatic carbocycles. The van der Waals surface area contributed by atoms with Crippen molar-refractivity contribution in [1.29, 1.82) is 0 Å². The summed E-state index contributed by atoms with van der Waals surface area (Å²) < 4.78 is 5.28. The van der Waals surface area contributed by atoms with E-state index in [4.69, 9.17) is 27.9 Å². The van der Waals surface area contributed by atoms with Crippen LogP contribution in [-0.4, -0.2) is 11.9 Å². The number of fused-ring (bicyclic) bond motifs is 1. The molecule has 1 aliphatic rings. The highest BCUT2D eigenvalue weighted by molar-refractivity contribution is 6.42. The Hall–Kier alpha value is -2.62. The van der Waals surface area contributed by atoms with Gasteiger partial charge in [-0.3, -0.25) is 0 Å². The molecule has 1 aliphatic heterocycles. The molecular weight excluding hydrogens is 357 g/mol. The summed E-state index contributed by atoms with van der Waals surface area (Å²) in [6, 6.07) is 18.8. The summed E-state index contributed by atoms with van der Waals surface area (Å²) in [4.78, 5) is 16.5. The third-order valence-electron chi connectivity index (χ3n) is 3.90. The van der Waals surface area contributed by atoms with Gasteiger partial charge in [0.2, 0.25) is 5.90 Å². The molecule has 0 saturated heterocycles. The SMILES string of the molecule is O=C1OC(c2ccc(Cl)c(Cl)c2)=N/C1=C/c1cccc2ccccc12. The Labute approximate surface area is 154 Å². The van der Waals surface area contributed by atoms with E-state index in [1.807, 2.05) is 42.5 Å². The normalized spacial score (nSPS) is 15.5. The molecule has 0 amide bonds. The predicted molar refractivity (Wildman–Crippen MR) is 101 cm³/mol. The van der Waals surface area contributed by atoms with Crippen LogP contribution in [0.15, 0.2) is 71.4 Å². The molecule has 0 saturated carbocycles. The Bertz CT molecular complexity index is 1060. The number of benzene rings is 3. The number of rotatable bonds is 2. The van der Waals surface area contributed by atoms with Crippen LogP contribution < -0.4 is 0 Å². The van der Waals surface area contributed by atoms with E-state index < -0.39 is 5.97 Å². The fraction of sp³-hybridized carbons (Fsp3) is 0. The number of carbonyl (C=O) groups is 1. The van der Waals surface area contributed by atoms with Crippen LogP contribution in [0.2, 0.25) is 10.0 Å². The molecule has 3 nitrogen and oxygen atoms in total. The largest absolute Gasteiger partial charge is 0.402 e. The van der Waals surface area contributed by atoms with Gasteiger partial charge in [-0.05, 0) is 40.6 Å². The smallest absolute Gasteiger partial charge is 0.363 e. The Kier molecular flexibility index (Phi) is 4.04. The summed E-state index contributed by atoms with van der Waals surface area (Å²) >= 11 is 11.9. The molecule has 0 bridgehead atoms. The van der Waals surface area contributed by atoms with Crippen molar-refractivity contribution >= 4 is 51.9 Å². The van der Waals surface area contributed by atoms with E-state index in [0.29, 0.717) is 15.6 Å². The highest BCUT2D eigenvalue weighted by atomic mass is 35.5. The quantitative estimate of drug-likeness (QED) is 0.443. The molecule has 0 atom stereocenters. The summed E-state index contributed by atoms with van der Waals surface area (Å²) in [6.45, 7) is 0. The van der Waals surface area contributed by atoms with Crippen LogP contribution in [0.5, 0.6) is 0 Å². The highest BCUT2D eigenvalue weighted by Crippen LogP contribution is 2.27. The minimum Gasteiger partial charge on any atom is -0.402 e. The first-order valence-electron chi connectivity index (χ1n) is 7.57. The van der Waals surface area contributed by atoms with E-state index in [1.54, 1.807) is 24.3 Å². The number of halogens is 2. The minimum atomic E-state index is -0.492. The lowest BCUT2D eigenvalue weighted by molar-refractivity contribution is -0.129. The minimum absolute atomic E-state index is 0.218. The number of esters is 1. The molecule has 0 fully saturated rings. The summed E-state index contributed by atoms with van der Waals surface area (Å²) in [5, 5.41) is 2.95. The van der Waals surface area contributed by atoms with Gasteiger partial charge in [-0.2, -0.15) is 0 Å². The molecule has 3 aromatic rings. The van der Waals surface area contributed by atoms with Crippen molar-refractivity contribution in [3.8, 4) is 0 Å². The Morgan fingerprint density at radius 1 is 0.920 bits per heavy atom. The maximum absolute atomic E-state index is 12.2. The van der Waals surface area contributed by atoms with Crippen molar-refractivity contribution in [2.24, 2.45) is 4.99 Å². The summed E-state index contributed by atoms with van der Waals surface area (Å²) in [5.74, 6) is -0.274. The zero-order valence-electron chi connectivity index (χ0n) is 12.9. The molecule has 0 spiro atoms. The number of hydrogen-bond donors (Lipinski definition) is 0. The van der Waals surface area contributed by atoms with Crippen LogP contribution in [-0.2, 0) is 9.53 Å². The lowest BCUT2D eigenvalue weighted by Gasteiger charge is -2.01. The van der Waals surface area contributed by atoms with Gasteiger partial charge in [0.1, 0.15) is 0 Å². The van der Waals surface area contributed by atoms with Gasteiger partial charge in [-0.1, -0.05) is 65.7 Å². The molecular formula is C20H11Cl2NO2. The van der Waals surface area contributed by atoms with E-state index >= 15 is 0 Å². The number of carbonyl (C=O) groups excluding carboxylic acids is 1. The average molecular weight is 368 g/mol. The molecule has 0 unspecified atom stereocenters. The first-order chi connectivity index (χ1) is 12.1. The van der Waals surface area contributed by atoms with Crippen molar-refractivity contribution in [3.05, 3.63) is 87.5 Å². The molecule has 1 heterocycles. The van der Waals surface area contributed by atoms with Crippen molar-refractivity contribution in [1.82, 2.24) is 0 Å². The van der Waals surface area contributed by atoms with Gasteiger partial charge >= 0.3 is 5.97 Å². The first kappa shape index (κ1) is 15.9. The Morgan fingerprint density at radius 2 is 1.72 bits per heavy atom. The third kappa shape index (κ3) is 3.04. The topological polar surface area (TPSA) is 38.7 Å². The molecule has 4 rings (SSSR count). The van der Waals surface area contributed by atoms with Gasteiger partial charge in [0.25, 0.3) is 0 Å². The Balaban J connectivity index is 1.77. The second-order valence-corrected chi connectivity index (χ2v) is 6.35. The Morgan fingerprint density at radius 3 is 2.56 bits per heavy atom. The fourth-order valence-corrected chi connectivity index (χ4v) is 2.98. The fourth-order valence-electron chi connectivity index (χ4n) is 2.69. The van der Waals surface area contributed by atoms with Gasteiger partial charge in [0, 0.05) is 5.56 Å². The standard InChI is InChI=1S/C20H11Cl2NO2/c21-16-9-8-14(10-17(16)22)19-23-18(20(24)25-19)11-13-6-3-5-12-4-1-2-7-15(12)13/h1-11H/b18-11+. The molecule has 25 heavy (non-hydrogen) atoms. The maximum Gasteiger partial charge on any atom is 0.363 e. The van der Waals surface area contributed by atoms with Gasteiger partial charge in [0.05, 0.1) is 10.0 Å². The van der Waals surface area contributed by atoms with Gasteiger partial charge in [0.15, 0.2) is 5.70 Å². The summed E-state index contributed by atoms with van der Waals surface area (Å²) in [6.07, 6.45) is 1.73. The molecule has 122 valence electrons. The second-order valence-electron chi connectivity index (χ2n) is 5.53. The van der Waals surface area contributed by atoms with Crippen LogP contribution in [0.25, 0.3) is 16.8 Å². The molecule has 0 N–H and O–H groups in total. The van der Waals surface area contributed by atoms with E-state index in [-0.39, 0.29) is 11.6 Å². The summed E-state index contributed by atoms with van der Waals surface area (Å²) in [5.41, 5.74) is 1.76. The van der Waals surface area contributed by atoms with Crippen LogP contribution in [0.4, 0.5) is 0 Å². The second kappa shape index (κ2) is 6.36. The van der Waals surface area contributed by atoms with Crippen molar-refractivity contribution in [2.75, 3.05) is 0 Å².